The van der Waals surface area contributed by atoms with Crippen molar-refractivity contribution < 1.29 is 0 Å². The number of hydrogen-bond donors (Lipinski definition) is 2. The van der Waals surface area contributed by atoms with Crippen molar-refractivity contribution in [2.45, 2.75) is 0 Å². The van der Waals surface area contributed by atoms with Gasteiger partial charge in [0.2, 0.25) is 0 Å². The van der Waals surface area contributed by atoms with E-state index in [-0.39, 0.29) is 0 Å². The molecule has 106 valence electrons. The molecule has 3 rings (SSSR count). The molecule has 3 N–H and O–H groups in total. The highest BCUT2D eigenvalue weighted by molar-refractivity contribution is 9.10. The molecule has 1 aromatic carbocycles. The third-order valence-corrected chi connectivity index (χ3v) is 4.07. The zero-order valence-electron chi connectivity index (χ0n) is 11.4. The molecule has 0 saturated carbocycles. The zero-order chi connectivity index (χ0) is 14.1. The summed E-state index contributed by atoms with van der Waals surface area (Å²) in [6, 6.07) is 5.93. The molecule has 2 heterocycles. The largest absolute Gasteiger partial charge is 0.398 e. The van der Waals surface area contributed by atoms with Crippen LogP contribution in [0.25, 0.3) is 10.9 Å². The van der Waals surface area contributed by atoms with E-state index < -0.39 is 0 Å². The standard InChI is InChI=1S/C14H18BrN5/c1-19-4-6-20(7-5-19)18-13-3-2-12(16)11-8-10(15)9-17-14(11)13/h2-3,8-9,18H,4-7,16H2,1H3. The number of piperazine rings is 1. The Hall–Kier alpha value is -1.37. The molecule has 1 aliphatic heterocycles. The second kappa shape index (κ2) is 5.55. The third-order valence-electron chi connectivity index (χ3n) is 3.63. The van der Waals surface area contributed by atoms with Crippen LogP contribution in [0.2, 0.25) is 0 Å². The minimum Gasteiger partial charge on any atom is -0.398 e. The number of pyridine rings is 1. The lowest BCUT2D eigenvalue weighted by Gasteiger charge is -2.33. The van der Waals surface area contributed by atoms with E-state index in [2.05, 4.69) is 43.3 Å². The molecule has 6 heteroatoms. The van der Waals surface area contributed by atoms with Gasteiger partial charge in [0.1, 0.15) is 0 Å². The fourth-order valence-electron chi connectivity index (χ4n) is 2.39. The Morgan fingerprint density at radius 3 is 2.75 bits per heavy atom. The van der Waals surface area contributed by atoms with Crippen molar-refractivity contribution >= 4 is 38.2 Å². The lowest BCUT2D eigenvalue weighted by atomic mass is 10.1. The maximum absolute atomic E-state index is 6.04. The van der Waals surface area contributed by atoms with E-state index in [0.717, 1.165) is 52.9 Å². The number of nitrogens with one attached hydrogen (secondary N) is 1. The lowest BCUT2D eigenvalue weighted by Crippen LogP contribution is -2.46. The van der Waals surface area contributed by atoms with Crippen molar-refractivity contribution in [1.82, 2.24) is 14.9 Å². The van der Waals surface area contributed by atoms with E-state index in [4.69, 9.17) is 5.73 Å². The lowest BCUT2D eigenvalue weighted by molar-refractivity contribution is 0.179. The van der Waals surface area contributed by atoms with E-state index in [1.54, 1.807) is 6.20 Å². The molecule has 1 aromatic heterocycles. The molecule has 0 spiro atoms. The van der Waals surface area contributed by atoms with Crippen molar-refractivity contribution in [2.24, 2.45) is 0 Å². The molecule has 0 bridgehead atoms. The van der Waals surface area contributed by atoms with Crippen molar-refractivity contribution in [3.05, 3.63) is 28.9 Å². The monoisotopic (exact) mass is 335 g/mol. The van der Waals surface area contributed by atoms with Crippen molar-refractivity contribution in [3.63, 3.8) is 0 Å². The van der Waals surface area contributed by atoms with Gasteiger partial charge in [0.15, 0.2) is 0 Å². The quantitative estimate of drug-likeness (QED) is 0.823. The number of hydrogen-bond acceptors (Lipinski definition) is 5. The van der Waals surface area contributed by atoms with Crippen molar-refractivity contribution in [1.29, 1.82) is 0 Å². The summed E-state index contributed by atoms with van der Waals surface area (Å²) in [6.45, 7) is 4.13. The first-order chi connectivity index (χ1) is 9.63. The van der Waals surface area contributed by atoms with E-state index in [1.807, 2.05) is 18.2 Å². The van der Waals surface area contributed by atoms with Gasteiger partial charge in [-0.05, 0) is 41.2 Å². The van der Waals surface area contributed by atoms with Gasteiger partial charge in [-0.1, -0.05) is 0 Å². The van der Waals surface area contributed by atoms with E-state index >= 15 is 0 Å². The molecule has 2 aromatic rings. The molecule has 0 radical (unpaired) electrons. The van der Waals surface area contributed by atoms with Crippen LogP contribution in [0.4, 0.5) is 11.4 Å². The molecule has 0 aliphatic carbocycles. The van der Waals surface area contributed by atoms with Gasteiger partial charge in [-0.25, -0.2) is 5.01 Å². The highest BCUT2D eigenvalue weighted by Crippen LogP contribution is 2.29. The number of hydrazine groups is 1. The number of rotatable bonds is 2. The fraction of sp³-hybridized carbons (Fsp3) is 0.357. The molecular formula is C14H18BrN5. The average Bonchev–Trinajstić information content (AvgIpc) is 2.44. The number of aromatic nitrogens is 1. The maximum atomic E-state index is 6.04. The minimum absolute atomic E-state index is 0.748. The number of anilines is 2. The summed E-state index contributed by atoms with van der Waals surface area (Å²) in [5.41, 5.74) is 12.2. The molecule has 0 atom stereocenters. The van der Waals surface area contributed by atoms with E-state index in [0.29, 0.717) is 0 Å². The summed E-state index contributed by atoms with van der Waals surface area (Å²) in [6.07, 6.45) is 1.80. The number of likely N-dealkylation sites (N-methyl/N-ethyl adjacent to an activating group) is 1. The summed E-state index contributed by atoms with van der Waals surface area (Å²) < 4.78 is 0.938. The second-order valence-corrected chi connectivity index (χ2v) is 6.07. The second-order valence-electron chi connectivity index (χ2n) is 5.15. The van der Waals surface area contributed by atoms with Gasteiger partial charge in [0.25, 0.3) is 0 Å². The number of benzene rings is 1. The van der Waals surface area contributed by atoms with Gasteiger partial charge >= 0.3 is 0 Å². The Balaban J connectivity index is 1.90. The maximum Gasteiger partial charge on any atom is 0.0968 e. The Morgan fingerprint density at radius 2 is 2.00 bits per heavy atom. The van der Waals surface area contributed by atoms with Gasteiger partial charge < -0.3 is 16.1 Å². The van der Waals surface area contributed by atoms with Crippen molar-refractivity contribution in [2.75, 3.05) is 44.4 Å². The summed E-state index contributed by atoms with van der Waals surface area (Å²) in [5.74, 6) is 0. The average molecular weight is 336 g/mol. The SMILES string of the molecule is CN1CCN(Nc2ccc(N)c3cc(Br)cnc23)CC1. The molecule has 20 heavy (non-hydrogen) atoms. The van der Waals surface area contributed by atoms with Gasteiger partial charge in [0, 0.05) is 47.9 Å². The Bertz CT molecular complexity index is 622. The summed E-state index contributed by atoms with van der Waals surface area (Å²) in [7, 11) is 2.15. The van der Waals surface area contributed by atoms with Crippen LogP contribution in [0.15, 0.2) is 28.9 Å². The minimum atomic E-state index is 0.748. The van der Waals surface area contributed by atoms with Crippen LogP contribution in [-0.4, -0.2) is 48.1 Å². The third kappa shape index (κ3) is 2.72. The molecule has 5 nitrogen and oxygen atoms in total. The number of halogens is 1. The predicted octanol–water partition coefficient (Wildman–Crippen LogP) is 2.15. The molecule has 1 saturated heterocycles. The van der Waals surface area contributed by atoms with Crippen molar-refractivity contribution in [3.8, 4) is 0 Å². The number of nitrogens with zero attached hydrogens (tertiary/aromatic N) is 3. The summed E-state index contributed by atoms with van der Waals surface area (Å²) in [5, 5.41) is 3.20. The molecule has 1 fully saturated rings. The van der Waals surface area contributed by atoms with Gasteiger partial charge in [-0.2, -0.15) is 0 Å². The highest BCUT2D eigenvalue weighted by atomic mass is 79.9. The molecular weight excluding hydrogens is 318 g/mol. The number of nitrogens with two attached hydrogens (primary N) is 1. The first-order valence-electron chi connectivity index (χ1n) is 6.67. The van der Waals surface area contributed by atoms with Gasteiger partial charge in [0.05, 0.1) is 11.2 Å². The van der Waals surface area contributed by atoms with Crippen LogP contribution in [0.3, 0.4) is 0 Å². The van der Waals surface area contributed by atoms with Crippen LogP contribution in [-0.2, 0) is 0 Å². The molecule has 0 unspecified atom stereocenters. The summed E-state index contributed by atoms with van der Waals surface area (Å²) in [4.78, 5) is 6.82. The van der Waals surface area contributed by atoms with Gasteiger partial charge in [-0.3, -0.25) is 4.98 Å². The first-order valence-corrected chi connectivity index (χ1v) is 7.46. The number of nitrogen functional groups attached to an aromatic ring is 1. The molecule has 1 aliphatic rings. The Labute approximate surface area is 126 Å². The van der Waals surface area contributed by atoms with Gasteiger partial charge in [-0.15, -0.1) is 0 Å². The van der Waals surface area contributed by atoms with Crippen LogP contribution in [0.5, 0.6) is 0 Å². The topological polar surface area (TPSA) is 57.4 Å². The fourth-order valence-corrected chi connectivity index (χ4v) is 2.73. The predicted molar refractivity (Wildman–Crippen MR) is 86.5 cm³/mol. The Morgan fingerprint density at radius 1 is 1.25 bits per heavy atom. The first kappa shape index (κ1) is 13.6. The zero-order valence-corrected chi connectivity index (χ0v) is 13.0. The van der Waals surface area contributed by atoms with Crippen LogP contribution >= 0.6 is 15.9 Å². The Kier molecular flexibility index (Phi) is 3.78. The molecule has 0 amide bonds. The van der Waals surface area contributed by atoms with E-state index in [1.165, 1.54) is 0 Å². The normalized spacial score (nSPS) is 17.5. The smallest absolute Gasteiger partial charge is 0.0968 e. The number of fused-ring (bicyclic) bond motifs is 1. The highest BCUT2D eigenvalue weighted by Gasteiger charge is 2.15. The summed E-state index contributed by atoms with van der Waals surface area (Å²) >= 11 is 3.44. The van der Waals surface area contributed by atoms with E-state index in [9.17, 15) is 0 Å². The van der Waals surface area contributed by atoms with Crippen LogP contribution < -0.4 is 11.2 Å². The van der Waals surface area contributed by atoms with Crippen LogP contribution in [0.1, 0.15) is 0 Å². The van der Waals surface area contributed by atoms with Crippen LogP contribution in [0, 0.1) is 0 Å².